The third-order valence-corrected chi connectivity index (χ3v) is 7.61. The highest BCUT2D eigenvalue weighted by atomic mass is 32.1. The lowest BCUT2D eigenvalue weighted by atomic mass is 10.1. The van der Waals surface area contributed by atoms with Crippen LogP contribution in [-0.2, 0) is 6.54 Å². The van der Waals surface area contributed by atoms with Crippen LogP contribution in [0.3, 0.4) is 0 Å². The molecule has 2 aromatic carbocycles. The van der Waals surface area contributed by atoms with Gasteiger partial charge in [0.15, 0.2) is 0 Å². The number of piperazine rings is 1. The van der Waals surface area contributed by atoms with Gasteiger partial charge in [-0.1, -0.05) is 29.8 Å². The minimum Gasteiger partial charge on any atom is -0.497 e. The molecule has 0 saturated carbocycles. The monoisotopic (exact) mass is 487 g/mol. The zero-order valence-electron chi connectivity index (χ0n) is 20.2. The Bertz CT molecular complexity index is 1370. The third-order valence-electron chi connectivity index (χ3n) is 6.66. The van der Waals surface area contributed by atoms with E-state index in [1.54, 1.807) is 42.7 Å². The minimum atomic E-state index is -0.0800. The van der Waals surface area contributed by atoms with Gasteiger partial charge in [0.2, 0.25) is 0 Å². The predicted molar refractivity (Wildman–Crippen MR) is 139 cm³/mol. The highest BCUT2D eigenvalue weighted by Gasteiger charge is 2.32. The van der Waals surface area contributed by atoms with Gasteiger partial charge in [-0.3, -0.25) is 9.59 Å². The van der Waals surface area contributed by atoms with Crippen molar-refractivity contribution in [3.8, 4) is 5.75 Å². The summed E-state index contributed by atoms with van der Waals surface area (Å²) in [4.78, 5) is 31.7. The molecule has 1 aliphatic rings. The first-order valence-corrected chi connectivity index (χ1v) is 12.7. The van der Waals surface area contributed by atoms with E-state index in [9.17, 15) is 9.59 Å². The molecular weight excluding hydrogens is 458 g/mol. The number of hydrogen-bond donors (Lipinski definition) is 0. The van der Waals surface area contributed by atoms with Crippen LogP contribution < -0.4 is 4.74 Å². The molecular formula is C28H29N3O3S. The van der Waals surface area contributed by atoms with Gasteiger partial charge in [-0.25, -0.2) is 0 Å². The molecule has 3 heterocycles. The fourth-order valence-electron chi connectivity index (χ4n) is 4.81. The number of carbonyl (C=O) groups is 2. The maximum Gasteiger partial charge on any atom is 0.270 e. The van der Waals surface area contributed by atoms with Gasteiger partial charge in [0.1, 0.15) is 16.3 Å². The predicted octanol–water partition coefficient (Wildman–Crippen LogP) is 5.05. The highest BCUT2D eigenvalue weighted by molar-refractivity contribution is 7.16. The van der Waals surface area contributed by atoms with E-state index >= 15 is 0 Å². The van der Waals surface area contributed by atoms with Gasteiger partial charge in [-0.05, 0) is 61.2 Å². The molecule has 2 amide bonds. The summed E-state index contributed by atoms with van der Waals surface area (Å²) >= 11 is 1.66. The van der Waals surface area contributed by atoms with Crippen molar-refractivity contribution in [1.82, 2.24) is 14.4 Å². The number of carbonyl (C=O) groups excluding carboxylic acids is 2. The Labute approximate surface area is 209 Å². The number of nitrogens with zero attached hydrogens (tertiary/aromatic N) is 3. The Balaban J connectivity index is 1.34. The normalized spacial score (nSPS) is 16.0. The number of aromatic nitrogens is 1. The van der Waals surface area contributed by atoms with E-state index in [4.69, 9.17) is 4.74 Å². The molecule has 2 aromatic heterocycles. The molecule has 0 N–H and O–H groups in total. The van der Waals surface area contributed by atoms with Crippen molar-refractivity contribution >= 4 is 33.4 Å². The number of aryl methyl sites for hydroxylation is 1. The first-order valence-electron chi connectivity index (χ1n) is 11.8. The Morgan fingerprint density at radius 1 is 1.03 bits per heavy atom. The average Bonchev–Trinajstić information content (AvgIpc) is 3.46. The van der Waals surface area contributed by atoms with Crippen LogP contribution in [0.15, 0.2) is 66.0 Å². The van der Waals surface area contributed by atoms with Crippen LogP contribution in [0.1, 0.15) is 38.9 Å². The van der Waals surface area contributed by atoms with E-state index < -0.39 is 0 Å². The molecule has 1 atom stereocenters. The van der Waals surface area contributed by atoms with E-state index in [-0.39, 0.29) is 17.9 Å². The lowest BCUT2D eigenvalue weighted by Crippen LogP contribution is -2.55. The van der Waals surface area contributed by atoms with Gasteiger partial charge in [0, 0.05) is 43.2 Å². The molecule has 7 heteroatoms. The molecule has 180 valence electrons. The van der Waals surface area contributed by atoms with Gasteiger partial charge < -0.3 is 19.1 Å². The second kappa shape index (κ2) is 9.58. The molecule has 4 aromatic rings. The van der Waals surface area contributed by atoms with Crippen molar-refractivity contribution < 1.29 is 14.3 Å². The lowest BCUT2D eigenvalue weighted by Gasteiger charge is -2.40. The molecule has 0 aliphatic carbocycles. The molecule has 0 bridgehead atoms. The number of thiophene rings is 1. The van der Waals surface area contributed by atoms with Crippen LogP contribution in [0, 0.1) is 6.92 Å². The summed E-state index contributed by atoms with van der Waals surface area (Å²) in [6.45, 7) is 6.26. The second-order valence-corrected chi connectivity index (χ2v) is 10.0. The van der Waals surface area contributed by atoms with E-state index in [1.807, 2.05) is 22.8 Å². The van der Waals surface area contributed by atoms with Gasteiger partial charge in [0.05, 0.1) is 7.11 Å². The van der Waals surface area contributed by atoms with Crippen molar-refractivity contribution in [1.29, 1.82) is 0 Å². The number of methoxy groups -OCH3 is 1. The Kier molecular flexibility index (Phi) is 6.34. The number of hydrogen-bond acceptors (Lipinski definition) is 4. The first-order chi connectivity index (χ1) is 16.9. The molecule has 1 unspecified atom stereocenters. The maximum absolute atomic E-state index is 13.7. The Morgan fingerprint density at radius 3 is 2.54 bits per heavy atom. The topological polar surface area (TPSA) is 54.8 Å². The third kappa shape index (κ3) is 4.56. The van der Waals surface area contributed by atoms with Crippen LogP contribution in [0.4, 0.5) is 0 Å². The van der Waals surface area contributed by atoms with Gasteiger partial charge in [0.25, 0.3) is 11.8 Å². The summed E-state index contributed by atoms with van der Waals surface area (Å²) in [7, 11) is 1.61. The van der Waals surface area contributed by atoms with Crippen LogP contribution in [0.2, 0.25) is 0 Å². The summed E-state index contributed by atoms with van der Waals surface area (Å²) < 4.78 is 7.33. The smallest absolute Gasteiger partial charge is 0.270 e. The van der Waals surface area contributed by atoms with E-state index in [1.165, 1.54) is 11.1 Å². The Hall–Kier alpha value is -3.58. The Morgan fingerprint density at radius 2 is 1.83 bits per heavy atom. The summed E-state index contributed by atoms with van der Waals surface area (Å²) in [6.07, 6.45) is 0. The van der Waals surface area contributed by atoms with Gasteiger partial charge in [-0.15, -0.1) is 11.3 Å². The van der Waals surface area contributed by atoms with Crippen LogP contribution >= 0.6 is 11.3 Å². The van der Waals surface area contributed by atoms with Crippen molar-refractivity contribution in [3.63, 3.8) is 0 Å². The van der Waals surface area contributed by atoms with E-state index in [0.717, 1.165) is 16.0 Å². The van der Waals surface area contributed by atoms with E-state index in [0.29, 0.717) is 37.4 Å². The number of fused-ring (bicyclic) bond motifs is 1. The number of rotatable bonds is 5. The lowest BCUT2D eigenvalue weighted by molar-refractivity contribution is 0.0409. The summed E-state index contributed by atoms with van der Waals surface area (Å²) in [5, 5.41) is 3.16. The standard InChI is InChI=1S/C28H29N3O3S/c1-19-5-4-6-21(15-19)18-31-25(16-23-11-14-35-28(23)31)27(33)29-12-13-30(20(2)17-29)26(32)22-7-9-24(34-3)10-8-22/h4-11,14-16,20H,12-13,17-18H2,1-3H3. The SMILES string of the molecule is COc1ccc(C(=O)N2CCN(C(=O)c3cc4ccsc4n3Cc3cccc(C)c3)CC2C)cc1. The van der Waals surface area contributed by atoms with Crippen LogP contribution in [0.5, 0.6) is 5.75 Å². The fourth-order valence-corrected chi connectivity index (χ4v) is 5.70. The molecule has 1 fully saturated rings. The van der Waals surface area contributed by atoms with Crippen molar-refractivity contribution in [2.75, 3.05) is 26.7 Å². The van der Waals surface area contributed by atoms with Crippen molar-refractivity contribution in [3.05, 3.63) is 88.4 Å². The average molecular weight is 488 g/mol. The molecule has 5 rings (SSSR count). The second-order valence-electron chi connectivity index (χ2n) is 9.11. The fraction of sp³-hybridized carbons (Fsp3) is 0.286. The maximum atomic E-state index is 13.7. The largest absolute Gasteiger partial charge is 0.497 e. The molecule has 6 nitrogen and oxygen atoms in total. The molecule has 35 heavy (non-hydrogen) atoms. The van der Waals surface area contributed by atoms with Crippen LogP contribution in [0.25, 0.3) is 10.2 Å². The quantitative estimate of drug-likeness (QED) is 0.396. The first kappa shape index (κ1) is 23.2. The molecule has 1 saturated heterocycles. The summed E-state index contributed by atoms with van der Waals surface area (Å²) in [6, 6.07) is 19.6. The van der Waals surface area contributed by atoms with Gasteiger partial charge >= 0.3 is 0 Å². The molecule has 0 spiro atoms. The number of ether oxygens (including phenoxy) is 1. The molecule has 0 radical (unpaired) electrons. The summed E-state index contributed by atoms with van der Waals surface area (Å²) in [5.74, 6) is 0.721. The van der Waals surface area contributed by atoms with Crippen molar-refractivity contribution in [2.45, 2.75) is 26.4 Å². The van der Waals surface area contributed by atoms with E-state index in [2.05, 4.69) is 47.2 Å². The van der Waals surface area contributed by atoms with Crippen LogP contribution in [-0.4, -0.2) is 59.0 Å². The highest BCUT2D eigenvalue weighted by Crippen LogP contribution is 2.28. The zero-order chi connectivity index (χ0) is 24.5. The number of amides is 2. The summed E-state index contributed by atoms with van der Waals surface area (Å²) in [5.41, 5.74) is 3.71. The molecule has 1 aliphatic heterocycles. The number of benzene rings is 2. The zero-order valence-corrected chi connectivity index (χ0v) is 21.0. The minimum absolute atomic E-state index is 0.0180. The van der Waals surface area contributed by atoms with Crippen molar-refractivity contribution in [2.24, 2.45) is 0 Å². The van der Waals surface area contributed by atoms with Gasteiger partial charge in [-0.2, -0.15) is 0 Å².